The molecule has 6 nitrogen and oxygen atoms in total. The van der Waals surface area contributed by atoms with Gasteiger partial charge in [0.25, 0.3) is 0 Å². The van der Waals surface area contributed by atoms with E-state index in [-0.39, 0.29) is 35.5 Å². The van der Waals surface area contributed by atoms with Gasteiger partial charge in [0, 0.05) is 22.7 Å². The maximum atomic E-state index is 12.7. The largest absolute Gasteiger partial charge is 0.382 e. The molecule has 0 unspecified atom stereocenters. The van der Waals surface area contributed by atoms with Crippen molar-refractivity contribution in [2.24, 2.45) is 5.92 Å². The number of amides is 2. The van der Waals surface area contributed by atoms with Crippen LogP contribution >= 0.6 is 11.6 Å². The first-order chi connectivity index (χ1) is 11.8. The zero-order valence-electron chi connectivity index (χ0n) is 16.3. The molecule has 1 rings (SSSR count). The van der Waals surface area contributed by atoms with Crippen LogP contribution in [0.5, 0.6) is 5.75 Å². The number of urea groups is 1. The van der Waals surface area contributed by atoms with Gasteiger partial charge in [-0.15, -0.1) is 0 Å². The lowest BCUT2D eigenvalue weighted by Crippen LogP contribution is -2.49. The average Bonchev–Trinajstić information content (AvgIpc) is 2.47. The summed E-state index contributed by atoms with van der Waals surface area (Å²) in [6, 6.07) is 4.48. The van der Waals surface area contributed by atoms with Gasteiger partial charge in [-0.05, 0) is 51.8 Å². The molecule has 0 aliphatic heterocycles. The molecule has 0 aromatic heterocycles. The third kappa shape index (κ3) is 7.83. The van der Waals surface area contributed by atoms with E-state index in [1.807, 2.05) is 34.6 Å². The molecule has 8 heteroatoms. The van der Waals surface area contributed by atoms with Crippen LogP contribution in [0.1, 0.15) is 47.1 Å². The Morgan fingerprint density at radius 2 is 1.92 bits per heavy atom. The second-order valence-corrected chi connectivity index (χ2v) is 9.93. The van der Waals surface area contributed by atoms with Crippen molar-refractivity contribution in [3.8, 4) is 5.75 Å². The minimum atomic E-state index is -3.68. The fraction of sp³-hybridized carbons (Fsp3) is 0.611. The third-order valence-corrected chi connectivity index (χ3v) is 4.68. The molecule has 0 fully saturated rings. The molecule has 0 atom stereocenters. The number of hydrogen-bond acceptors (Lipinski definition) is 4. The molecule has 0 bridgehead atoms. The molecule has 0 aliphatic carbocycles. The van der Waals surface area contributed by atoms with Crippen molar-refractivity contribution in [2.45, 2.75) is 53.6 Å². The minimum absolute atomic E-state index is 0.144. The number of hydrogen-bond donors (Lipinski definition) is 1. The van der Waals surface area contributed by atoms with Crippen LogP contribution in [0.2, 0.25) is 5.02 Å². The lowest BCUT2D eigenvalue weighted by Gasteiger charge is -2.30. The van der Waals surface area contributed by atoms with Crippen molar-refractivity contribution in [2.75, 3.05) is 12.3 Å². The van der Waals surface area contributed by atoms with Crippen molar-refractivity contribution in [1.29, 1.82) is 0 Å². The Hall–Kier alpha value is -1.47. The van der Waals surface area contributed by atoms with Crippen molar-refractivity contribution in [3.63, 3.8) is 0 Å². The van der Waals surface area contributed by atoms with Gasteiger partial charge in [-0.3, -0.25) is 0 Å². The number of benzene rings is 1. The average molecular weight is 405 g/mol. The molecule has 0 saturated heterocycles. The number of carbonyl (C=O) groups is 1. The molecule has 0 saturated carbocycles. The molecule has 0 aliphatic rings. The van der Waals surface area contributed by atoms with Gasteiger partial charge in [-0.2, -0.15) is 8.42 Å². The van der Waals surface area contributed by atoms with Crippen LogP contribution in [0.4, 0.5) is 4.79 Å². The van der Waals surface area contributed by atoms with E-state index in [2.05, 4.69) is 5.32 Å². The highest BCUT2D eigenvalue weighted by molar-refractivity contribution is 7.87. The van der Waals surface area contributed by atoms with Crippen LogP contribution in [-0.4, -0.2) is 37.2 Å². The predicted molar refractivity (Wildman–Crippen MR) is 105 cm³/mol. The summed E-state index contributed by atoms with van der Waals surface area (Å²) < 4.78 is 28.9. The monoisotopic (exact) mass is 404 g/mol. The zero-order valence-corrected chi connectivity index (χ0v) is 17.9. The fourth-order valence-corrected chi connectivity index (χ4v) is 2.96. The highest BCUT2D eigenvalue weighted by Crippen LogP contribution is 2.26. The lowest BCUT2D eigenvalue weighted by molar-refractivity contribution is 0.178. The Morgan fingerprint density at radius 1 is 1.31 bits per heavy atom. The molecule has 148 valence electrons. The van der Waals surface area contributed by atoms with Crippen molar-refractivity contribution in [3.05, 3.63) is 28.8 Å². The van der Waals surface area contributed by atoms with Gasteiger partial charge in [-0.25, -0.2) is 4.79 Å². The molecule has 1 aromatic rings. The first kappa shape index (κ1) is 22.6. The second-order valence-electron chi connectivity index (χ2n) is 7.64. The van der Waals surface area contributed by atoms with E-state index < -0.39 is 10.1 Å². The first-order valence-corrected chi connectivity index (χ1v) is 10.6. The van der Waals surface area contributed by atoms with Gasteiger partial charge >= 0.3 is 16.1 Å². The van der Waals surface area contributed by atoms with E-state index in [1.165, 1.54) is 13.0 Å². The van der Waals surface area contributed by atoms with E-state index >= 15 is 0 Å². The highest BCUT2D eigenvalue weighted by Gasteiger charge is 2.23. The van der Waals surface area contributed by atoms with Crippen molar-refractivity contribution < 1.29 is 17.4 Å². The summed E-state index contributed by atoms with van der Waals surface area (Å²) in [7, 11) is -3.68. The van der Waals surface area contributed by atoms with E-state index in [4.69, 9.17) is 15.8 Å². The van der Waals surface area contributed by atoms with Crippen molar-refractivity contribution >= 4 is 27.8 Å². The molecule has 0 spiro atoms. The Morgan fingerprint density at radius 3 is 2.42 bits per heavy atom. The Kier molecular flexibility index (Phi) is 7.77. The molecule has 1 N–H and O–H groups in total. The summed E-state index contributed by atoms with van der Waals surface area (Å²) in [5, 5.41) is 3.38. The normalized spacial score (nSPS) is 12.2. The number of carbonyl (C=O) groups excluding carboxylic acids is 1. The van der Waals surface area contributed by atoms with Crippen LogP contribution < -0.4 is 9.50 Å². The van der Waals surface area contributed by atoms with Gasteiger partial charge in [0.15, 0.2) is 0 Å². The van der Waals surface area contributed by atoms with E-state index in [0.29, 0.717) is 17.1 Å². The van der Waals surface area contributed by atoms with Crippen LogP contribution in [0.25, 0.3) is 0 Å². The summed E-state index contributed by atoms with van der Waals surface area (Å²) >= 11 is 6.07. The lowest BCUT2D eigenvalue weighted by atomic mass is 10.1. The topological polar surface area (TPSA) is 75.7 Å². The second kappa shape index (κ2) is 8.95. The summed E-state index contributed by atoms with van der Waals surface area (Å²) in [6.07, 6.45) is 0. The van der Waals surface area contributed by atoms with Crippen LogP contribution in [0.15, 0.2) is 18.2 Å². The van der Waals surface area contributed by atoms with Gasteiger partial charge in [-0.1, -0.05) is 25.4 Å². The maximum Gasteiger partial charge on any atom is 0.318 e. The van der Waals surface area contributed by atoms with Crippen LogP contribution in [0.3, 0.4) is 0 Å². The number of halogens is 1. The number of rotatable bonds is 7. The van der Waals surface area contributed by atoms with E-state index in [0.717, 1.165) is 0 Å². The third-order valence-electron chi connectivity index (χ3n) is 3.31. The summed E-state index contributed by atoms with van der Waals surface area (Å²) in [6.45, 7) is 11.9. The predicted octanol–water partition coefficient (Wildman–Crippen LogP) is 4.03. The van der Waals surface area contributed by atoms with Crippen LogP contribution in [0, 0.1) is 5.92 Å². The molecular weight excluding hydrogens is 376 g/mol. The molecule has 2 amide bonds. The highest BCUT2D eigenvalue weighted by atomic mass is 35.5. The van der Waals surface area contributed by atoms with E-state index in [9.17, 15) is 13.2 Å². The van der Waals surface area contributed by atoms with Crippen molar-refractivity contribution in [1.82, 2.24) is 10.2 Å². The van der Waals surface area contributed by atoms with Gasteiger partial charge in [0.05, 0.1) is 12.3 Å². The zero-order chi connectivity index (χ0) is 20.1. The van der Waals surface area contributed by atoms with Gasteiger partial charge in [0.1, 0.15) is 5.75 Å². The Bertz CT molecular complexity index is 727. The van der Waals surface area contributed by atoms with Gasteiger partial charge < -0.3 is 14.4 Å². The maximum absolute atomic E-state index is 12.7. The molecule has 0 heterocycles. The fourth-order valence-electron chi connectivity index (χ4n) is 2.21. The first-order valence-electron chi connectivity index (χ1n) is 8.60. The standard InChI is InChI=1S/C18H29ClN2O4S/c1-7-26(23,24)25-16-9-8-15(19)10-14(16)12-21(11-13(2)3)17(22)20-18(4,5)6/h8-10,13H,7,11-12H2,1-6H3,(H,20,22). The molecule has 0 radical (unpaired) electrons. The summed E-state index contributed by atoms with van der Waals surface area (Å²) in [5.74, 6) is 0.284. The summed E-state index contributed by atoms with van der Waals surface area (Å²) in [4.78, 5) is 14.3. The summed E-state index contributed by atoms with van der Waals surface area (Å²) in [5.41, 5.74) is 0.158. The Labute approximate surface area is 162 Å². The Balaban J connectivity index is 3.17. The molecule has 26 heavy (non-hydrogen) atoms. The SMILES string of the molecule is CCS(=O)(=O)Oc1ccc(Cl)cc1CN(CC(C)C)C(=O)NC(C)(C)C. The smallest absolute Gasteiger partial charge is 0.318 e. The quantitative estimate of drug-likeness (QED) is 0.696. The minimum Gasteiger partial charge on any atom is -0.382 e. The number of nitrogens with zero attached hydrogens (tertiary/aromatic N) is 1. The molecule has 1 aromatic carbocycles. The van der Waals surface area contributed by atoms with Gasteiger partial charge in [0.2, 0.25) is 0 Å². The van der Waals surface area contributed by atoms with E-state index in [1.54, 1.807) is 17.0 Å². The number of nitrogens with one attached hydrogen (secondary N) is 1. The molecular formula is C18H29ClN2O4S. The van der Waals surface area contributed by atoms with Crippen LogP contribution in [-0.2, 0) is 16.7 Å².